The van der Waals surface area contributed by atoms with E-state index in [0.29, 0.717) is 19.3 Å². The predicted molar refractivity (Wildman–Crippen MR) is 85.0 cm³/mol. The van der Waals surface area contributed by atoms with Gasteiger partial charge in [0.25, 0.3) is 0 Å². The van der Waals surface area contributed by atoms with Crippen LogP contribution in [0.15, 0.2) is 42.5 Å². The molecule has 3 heteroatoms. The Morgan fingerprint density at radius 2 is 1.76 bits per heavy atom. The van der Waals surface area contributed by atoms with E-state index in [1.54, 1.807) is 0 Å². The van der Waals surface area contributed by atoms with Crippen molar-refractivity contribution in [3.8, 4) is 22.6 Å². The van der Waals surface area contributed by atoms with Crippen molar-refractivity contribution in [3.05, 3.63) is 48.0 Å². The first-order valence-corrected chi connectivity index (χ1v) is 7.49. The fourth-order valence-electron chi connectivity index (χ4n) is 2.76. The largest absolute Gasteiger partial charge is 0.486 e. The van der Waals surface area contributed by atoms with Gasteiger partial charge in [-0.05, 0) is 48.4 Å². The van der Waals surface area contributed by atoms with Crippen LogP contribution in [0.4, 0.5) is 0 Å². The second kappa shape index (κ2) is 6.19. The summed E-state index contributed by atoms with van der Waals surface area (Å²) in [5, 5.41) is 3.35. The van der Waals surface area contributed by atoms with Gasteiger partial charge in [-0.15, -0.1) is 0 Å². The molecule has 1 atom stereocenters. The summed E-state index contributed by atoms with van der Waals surface area (Å²) in [7, 11) is 2.00. The minimum absolute atomic E-state index is 0.391. The van der Waals surface area contributed by atoms with Crippen LogP contribution in [-0.2, 0) is 0 Å². The highest BCUT2D eigenvalue weighted by molar-refractivity contribution is 5.68. The fourth-order valence-corrected chi connectivity index (χ4v) is 2.76. The molecule has 0 saturated heterocycles. The Bertz CT molecular complexity index is 620. The van der Waals surface area contributed by atoms with Gasteiger partial charge in [-0.3, -0.25) is 0 Å². The number of hydrogen-bond acceptors (Lipinski definition) is 3. The Labute approximate surface area is 125 Å². The van der Waals surface area contributed by atoms with Crippen molar-refractivity contribution in [2.75, 3.05) is 20.3 Å². The normalized spacial score (nSPS) is 14.8. The molecule has 1 aliphatic rings. The van der Waals surface area contributed by atoms with E-state index in [1.165, 1.54) is 11.1 Å². The highest BCUT2D eigenvalue weighted by Crippen LogP contribution is 2.35. The zero-order valence-corrected chi connectivity index (χ0v) is 12.6. The van der Waals surface area contributed by atoms with Crippen LogP contribution in [0, 0.1) is 0 Å². The van der Waals surface area contributed by atoms with Crippen molar-refractivity contribution in [2.24, 2.45) is 0 Å². The van der Waals surface area contributed by atoms with Crippen molar-refractivity contribution in [1.29, 1.82) is 0 Å². The molecule has 0 fully saturated rings. The van der Waals surface area contributed by atoms with E-state index in [9.17, 15) is 0 Å². The van der Waals surface area contributed by atoms with Crippen LogP contribution < -0.4 is 14.8 Å². The second-order valence-corrected chi connectivity index (χ2v) is 5.23. The van der Waals surface area contributed by atoms with Crippen molar-refractivity contribution < 1.29 is 9.47 Å². The average Bonchev–Trinajstić information content (AvgIpc) is 2.56. The molecule has 3 nitrogen and oxygen atoms in total. The van der Waals surface area contributed by atoms with Crippen LogP contribution in [0.5, 0.6) is 11.5 Å². The van der Waals surface area contributed by atoms with Gasteiger partial charge in [0.05, 0.1) is 0 Å². The monoisotopic (exact) mass is 283 g/mol. The Morgan fingerprint density at radius 1 is 1.00 bits per heavy atom. The highest BCUT2D eigenvalue weighted by Gasteiger charge is 2.13. The Hall–Kier alpha value is -2.00. The maximum atomic E-state index is 5.67. The molecule has 21 heavy (non-hydrogen) atoms. The summed E-state index contributed by atoms with van der Waals surface area (Å²) in [5.74, 6) is 1.67. The predicted octanol–water partition coefficient (Wildman–Crippen LogP) is 3.80. The lowest BCUT2D eigenvalue weighted by Gasteiger charge is -2.19. The lowest BCUT2D eigenvalue weighted by Crippen LogP contribution is -2.15. The maximum absolute atomic E-state index is 5.67. The van der Waals surface area contributed by atoms with Gasteiger partial charge >= 0.3 is 0 Å². The summed E-state index contributed by atoms with van der Waals surface area (Å²) in [5.41, 5.74) is 3.68. The number of rotatable bonds is 4. The van der Waals surface area contributed by atoms with Crippen LogP contribution in [0.25, 0.3) is 11.1 Å². The first-order chi connectivity index (χ1) is 10.3. The summed E-state index contributed by atoms with van der Waals surface area (Å²) in [6.45, 7) is 3.44. The lowest BCUT2D eigenvalue weighted by molar-refractivity contribution is 0.171. The van der Waals surface area contributed by atoms with Gasteiger partial charge in [0.2, 0.25) is 0 Å². The van der Waals surface area contributed by atoms with E-state index in [1.807, 2.05) is 13.1 Å². The minimum Gasteiger partial charge on any atom is -0.486 e. The molecular formula is C18H21NO2. The van der Waals surface area contributed by atoms with E-state index in [-0.39, 0.29) is 0 Å². The molecule has 0 aliphatic carbocycles. The SMILES string of the molecule is CCC(NC)c1cccc(-c2ccc3c(c2)OCCO3)c1. The Morgan fingerprint density at radius 3 is 2.52 bits per heavy atom. The summed E-state index contributed by atoms with van der Waals surface area (Å²) < 4.78 is 11.2. The van der Waals surface area contributed by atoms with Crippen molar-refractivity contribution in [2.45, 2.75) is 19.4 Å². The van der Waals surface area contributed by atoms with E-state index >= 15 is 0 Å². The van der Waals surface area contributed by atoms with Crippen LogP contribution in [0.1, 0.15) is 24.9 Å². The molecule has 1 heterocycles. The zero-order valence-electron chi connectivity index (χ0n) is 12.6. The molecule has 0 saturated carbocycles. The first-order valence-electron chi connectivity index (χ1n) is 7.49. The van der Waals surface area contributed by atoms with Gasteiger partial charge in [0, 0.05) is 6.04 Å². The molecule has 0 spiro atoms. The maximum Gasteiger partial charge on any atom is 0.161 e. The molecule has 0 bridgehead atoms. The molecule has 0 radical (unpaired) electrons. The van der Waals surface area contributed by atoms with Gasteiger partial charge < -0.3 is 14.8 Å². The van der Waals surface area contributed by atoms with Gasteiger partial charge in [-0.1, -0.05) is 31.2 Å². The van der Waals surface area contributed by atoms with Gasteiger partial charge in [-0.2, -0.15) is 0 Å². The third kappa shape index (κ3) is 2.88. The van der Waals surface area contributed by atoms with Crippen LogP contribution in [0.3, 0.4) is 0 Å². The van der Waals surface area contributed by atoms with Crippen LogP contribution in [-0.4, -0.2) is 20.3 Å². The van der Waals surface area contributed by atoms with Gasteiger partial charge in [0.15, 0.2) is 11.5 Å². The lowest BCUT2D eigenvalue weighted by atomic mass is 9.98. The summed E-state index contributed by atoms with van der Waals surface area (Å²) >= 11 is 0. The molecule has 3 rings (SSSR count). The van der Waals surface area contributed by atoms with Crippen molar-refractivity contribution in [1.82, 2.24) is 5.32 Å². The molecule has 2 aromatic rings. The Balaban J connectivity index is 1.95. The minimum atomic E-state index is 0.391. The molecule has 0 aromatic heterocycles. The van der Waals surface area contributed by atoms with Crippen molar-refractivity contribution >= 4 is 0 Å². The van der Waals surface area contributed by atoms with Crippen molar-refractivity contribution in [3.63, 3.8) is 0 Å². The van der Waals surface area contributed by atoms with E-state index in [2.05, 4.69) is 48.6 Å². The molecule has 2 aromatic carbocycles. The number of fused-ring (bicyclic) bond motifs is 1. The molecule has 1 N–H and O–H groups in total. The van der Waals surface area contributed by atoms with Gasteiger partial charge in [0.1, 0.15) is 13.2 Å². The third-order valence-electron chi connectivity index (χ3n) is 3.92. The average molecular weight is 283 g/mol. The Kier molecular flexibility index (Phi) is 4.11. The first kappa shape index (κ1) is 14.0. The van der Waals surface area contributed by atoms with E-state index in [0.717, 1.165) is 23.5 Å². The highest BCUT2D eigenvalue weighted by atomic mass is 16.6. The summed E-state index contributed by atoms with van der Waals surface area (Å²) in [6.07, 6.45) is 1.07. The molecule has 1 aliphatic heterocycles. The smallest absolute Gasteiger partial charge is 0.161 e. The number of hydrogen-bond donors (Lipinski definition) is 1. The van der Waals surface area contributed by atoms with E-state index < -0.39 is 0 Å². The molecule has 0 amide bonds. The van der Waals surface area contributed by atoms with Crippen LogP contribution >= 0.6 is 0 Å². The molecular weight excluding hydrogens is 262 g/mol. The van der Waals surface area contributed by atoms with Gasteiger partial charge in [-0.25, -0.2) is 0 Å². The number of benzene rings is 2. The quantitative estimate of drug-likeness (QED) is 0.926. The molecule has 110 valence electrons. The third-order valence-corrected chi connectivity index (χ3v) is 3.92. The number of ether oxygens (including phenoxy) is 2. The second-order valence-electron chi connectivity index (χ2n) is 5.23. The standard InChI is InChI=1S/C18H21NO2/c1-3-16(19-2)15-6-4-5-13(11-15)14-7-8-17-18(12-14)21-10-9-20-17/h4-8,11-12,16,19H,3,9-10H2,1-2H3. The zero-order chi connectivity index (χ0) is 14.7. The summed E-state index contributed by atoms with van der Waals surface area (Å²) in [4.78, 5) is 0. The fraction of sp³-hybridized carbons (Fsp3) is 0.333. The summed E-state index contributed by atoms with van der Waals surface area (Å²) in [6, 6.07) is 15.2. The number of nitrogens with one attached hydrogen (secondary N) is 1. The van der Waals surface area contributed by atoms with Crippen LogP contribution in [0.2, 0.25) is 0 Å². The molecule has 1 unspecified atom stereocenters. The topological polar surface area (TPSA) is 30.5 Å². The van der Waals surface area contributed by atoms with E-state index in [4.69, 9.17) is 9.47 Å².